The molecule has 0 radical (unpaired) electrons. The van der Waals surface area contributed by atoms with E-state index >= 15 is 0 Å². The molecule has 0 amide bonds. The van der Waals surface area contributed by atoms with Crippen molar-refractivity contribution in [2.75, 3.05) is 11.4 Å². The topological polar surface area (TPSA) is 108 Å². The first-order valence-corrected chi connectivity index (χ1v) is 10.9. The first kappa shape index (κ1) is 20.7. The minimum atomic E-state index is -0.994. The maximum atomic E-state index is 11.5. The van der Waals surface area contributed by atoms with Gasteiger partial charge in [-0.15, -0.1) is 16.4 Å². The number of nitrogens with one attached hydrogen (secondary N) is 1. The van der Waals surface area contributed by atoms with E-state index in [1.165, 1.54) is 11.3 Å². The van der Waals surface area contributed by atoms with Gasteiger partial charge in [-0.05, 0) is 33.5 Å². The smallest absolute Gasteiger partial charge is 0.357 e. The molecular weight excluding hydrogens is 412 g/mol. The lowest BCUT2D eigenvalue weighted by atomic mass is 9.98. The zero-order valence-electron chi connectivity index (χ0n) is 17.0. The molecule has 0 unspecified atom stereocenters. The number of carbonyl (C=O) groups is 1. The van der Waals surface area contributed by atoms with Crippen LogP contribution in [0.1, 0.15) is 35.8 Å². The van der Waals surface area contributed by atoms with Gasteiger partial charge in [-0.3, -0.25) is 0 Å². The van der Waals surface area contributed by atoms with Crippen molar-refractivity contribution < 1.29 is 9.90 Å². The summed E-state index contributed by atoms with van der Waals surface area (Å²) in [5.41, 5.74) is 5.83. The van der Waals surface area contributed by atoms with Gasteiger partial charge in [0.05, 0.1) is 5.51 Å². The fraction of sp³-hybridized carbons (Fsp3) is 0.227. The molecule has 2 heterocycles. The fourth-order valence-corrected chi connectivity index (χ4v) is 4.25. The summed E-state index contributed by atoms with van der Waals surface area (Å²) in [5, 5.41) is 24.4. The minimum absolute atomic E-state index is 0.118. The number of H-pyrrole nitrogens is 1. The van der Waals surface area contributed by atoms with E-state index in [0.717, 1.165) is 41.6 Å². The van der Waals surface area contributed by atoms with Gasteiger partial charge in [0.2, 0.25) is 0 Å². The van der Waals surface area contributed by atoms with Crippen molar-refractivity contribution in [1.82, 2.24) is 25.6 Å². The lowest BCUT2D eigenvalue weighted by molar-refractivity contribution is 0.0692. The molecule has 9 heteroatoms. The molecule has 0 fully saturated rings. The number of aromatic amines is 1. The summed E-state index contributed by atoms with van der Waals surface area (Å²) in [6, 6.07) is 16.3. The van der Waals surface area contributed by atoms with Gasteiger partial charge in [0.1, 0.15) is 5.00 Å². The molecule has 0 spiro atoms. The molecule has 0 saturated carbocycles. The van der Waals surface area contributed by atoms with Crippen molar-refractivity contribution in [3.8, 4) is 22.5 Å². The summed E-state index contributed by atoms with van der Waals surface area (Å²) in [4.78, 5) is 17.7. The monoisotopic (exact) mass is 434 g/mol. The zero-order valence-corrected chi connectivity index (χ0v) is 17.8. The van der Waals surface area contributed by atoms with E-state index in [1.807, 2.05) is 24.3 Å². The van der Waals surface area contributed by atoms with E-state index in [1.54, 1.807) is 5.51 Å². The van der Waals surface area contributed by atoms with Crippen LogP contribution in [0.25, 0.3) is 22.5 Å². The van der Waals surface area contributed by atoms with Crippen LogP contribution < -0.4 is 4.90 Å². The van der Waals surface area contributed by atoms with Crippen molar-refractivity contribution in [3.63, 3.8) is 0 Å². The third kappa shape index (κ3) is 4.61. The van der Waals surface area contributed by atoms with Crippen LogP contribution in [0.2, 0.25) is 0 Å². The number of aromatic carboxylic acids is 1. The molecule has 2 aromatic heterocycles. The van der Waals surface area contributed by atoms with Crippen molar-refractivity contribution in [2.45, 2.75) is 26.3 Å². The van der Waals surface area contributed by atoms with Crippen LogP contribution in [0.3, 0.4) is 0 Å². The summed E-state index contributed by atoms with van der Waals surface area (Å²) in [7, 11) is 0. The number of nitrogens with zero attached hydrogens (tertiary/aromatic N) is 5. The molecule has 4 rings (SSSR count). The van der Waals surface area contributed by atoms with E-state index in [9.17, 15) is 9.90 Å². The summed E-state index contributed by atoms with van der Waals surface area (Å²) in [6.45, 7) is 3.53. The molecule has 0 aliphatic carbocycles. The number of aromatic nitrogens is 5. The molecule has 0 saturated heterocycles. The van der Waals surface area contributed by atoms with Crippen LogP contribution in [0, 0.1) is 0 Å². The number of carboxylic acids is 1. The molecule has 4 aromatic rings. The van der Waals surface area contributed by atoms with Gasteiger partial charge < -0.3 is 10.0 Å². The summed E-state index contributed by atoms with van der Waals surface area (Å²) in [5.74, 6) is -0.372. The SMILES string of the molecule is CCCCN(Cc1ccc(-c2ccccc2-c2nnn[nH]2)cc1)c1scnc1C(=O)O. The molecule has 0 aliphatic rings. The fourth-order valence-electron chi connectivity index (χ4n) is 3.44. The van der Waals surface area contributed by atoms with Gasteiger partial charge in [0.15, 0.2) is 11.5 Å². The Balaban J connectivity index is 1.59. The predicted octanol–water partition coefficient (Wildman–Crippen LogP) is 4.50. The third-order valence-electron chi connectivity index (χ3n) is 4.99. The number of hydrogen-bond acceptors (Lipinski definition) is 7. The average molecular weight is 435 g/mol. The Morgan fingerprint density at radius 3 is 2.58 bits per heavy atom. The number of unbranched alkanes of at least 4 members (excludes halogenated alkanes) is 1. The van der Waals surface area contributed by atoms with Crippen molar-refractivity contribution in [1.29, 1.82) is 0 Å². The number of thiazole rings is 1. The number of hydrogen-bond donors (Lipinski definition) is 2. The second-order valence-electron chi connectivity index (χ2n) is 7.08. The Bertz CT molecular complexity index is 1140. The van der Waals surface area contributed by atoms with Crippen molar-refractivity contribution in [3.05, 3.63) is 65.3 Å². The Kier molecular flexibility index (Phi) is 6.32. The van der Waals surface area contributed by atoms with Crippen LogP contribution in [-0.4, -0.2) is 43.2 Å². The molecule has 0 bridgehead atoms. The Hall–Kier alpha value is -3.59. The van der Waals surface area contributed by atoms with E-state index < -0.39 is 5.97 Å². The summed E-state index contributed by atoms with van der Waals surface area (Å²) >= 11 is 1.37. The van der Waals surface area contributed by atoms with Gasteiger partial charge in [0.25, 0.3) is 0 Å². The van der Waals surface area contributed by atoms with Crippen LogP contribution >= 0.6 is 11.3 Å². The van der Waals surface area contributed by atoms with Gasteiger partial charge in [-0.25, -0.2) is 14.9 Å². The van der Waals surface area contributed by atoms with Gasteiger partial charge in [0, 0.05) is 18.7 Å². The molecule has 2 aromatic carbocycles. The molecular formula is C22H22N6O2S. The van der Waals surface area contributed by atoms with Crippen molar-refractivity contribution in [2.24, 2.45) is 0 Å². The van der Waals surface area contributed by atoms with Crippen LogP contribution in [0.15, 0.2) is 54.0 Å². The Labute approximate surface area is 183 Å². The number of benzene rings is 2. The first-order valence-electron chi connectivity index (χ1n) is 10.0. The molecule has 31 heavy (non-hydrogen) atoms. The maximum absolute atomic E-state index is 11.5. The summed E-state index contributed by atoms with van der Waals surface area (Å²) in [6.07, 6.45) is 2.01. The molecule has 2 N–H and O–H groups in total. The second-order valence-corrected chi connectivity index (χ2v) is 7.91. The van der Waals surface area contributed by atoms with Crippen LogP contribution in [-0.2, 0) is 6.54 Å². The number of tetrazole rings is 1. The second kappa shape index (κ2) is 9.48. The minimum Gasteiger partial charge on any atom is -0.476 e. The molecule has 0 atom stereocenters. The highest BCUT2D eigenvalue weighted by atomic mass is 32.1. The average Bonchev–Trinajstić information content (AvgIpc) is 3.49. The maximum Gasteiger partial charge on any atom is 0.357 e. The molecule has 8 nitrogen and oxygen atoms in total. The largest absolute Gasteiger partial charge is 0.476 e. The quantitative estimate of drug-likeness (QED) is 0.399. The standard InChI is InChI=1S/C22H22N6O2S/c1-2-3-12-28(21-19(22(29)30)23-14-31-21)13-15-8-10-16(11-9-15)17-6-4-5-7-18(17)20-24-26-27-25-20/h4-11,14H,2-3,12-13H2,1H3,(H,29,30)(H,24,25,26,27). The highest BCUT2D eigenvalue weighted by Crippen LogP contribution is 2.31. The van der Waals surface area contributed by atoms with E-state index in [2.05, 4.69) is 61.7 Å². The van der Waals surface area contributed by atoms with Crippen molar-refractivity contribution >= 4 is 22.3 Å². The van der Waals surface area contributed by atoms with E-state index in [4.69, 9.17) is 0 Å². The highest BCUT2D eigenvalue weighted by molar-refractivity contribution is 7.14. The predicted molar refractivity (Wildman–Crippen MR) is 120 cm³/mol. The number of carboxylic acid groups (broad SMARTS) is 1. The van der Waals surface area contributed by atoms with Gasteiger partial charge in [-0.2, -0.15) is 0 Å². The summed E-state index contributed by atoms with van der Waals surface area (Å²) < 4.78 is 0. The van der Waals surface area contributed by atoms with Gasteiger partial charge >= 0.3 is 5.97 Å². The van der Waals surface area contributed by atoms with E-state index in [0.29, 0.717) is 17.4 Å². The lowest BCUT2D eigenvalue weighted by Gasteiger charge is -2.23. The van der Waals surface area contributed by atoms with Crippen LogP contribution in [0.4, 0.5) is 5.00 Å². The number of anilines is 1. The lowest BCUT2D eigenvalue weighted by Crippen LogP contribution is -2.24. The van der Waals surface area contributed by atoms with Gasteiger partial charge in [-0.1, -0.05) is 61.9 Å². The van der Waals surface area contributed by atoms with E-state index in [-0.39, 0.29) is 5.69 Å². The Morgan fingerprint density at radius 1 is 1.13 bits per heavy atom. The molecule has 0 aliphatic heterocycles. The Morgan fingerprint density at radius 2 is 1.90 bits per heavy atom. The highest BCUT2D eigenvalue weighted by Gasteiger charge is 2.19. The third-order valence-corrected chi connectivity index (χ3v) is 5.87. The number of rotatable bonds is 9. The normalized spacial score (nSPS) is 10.9. The zero-order chi connectivity index (χ0) is 21.6. The first-order chi connectivity index (χ1) is 15.2. The van der Waals surface area contributed by atoms with Crippen LogP contribution in [0.5, 0.6) is 0 Å². The molecule has 158 valence electrons.